The van der Waals surface area contributed by atoms with Crippen LogP contribution in [0, 0.1) is 0 Å². The van der Waals surface area contributed by atoms with Crippen molar-refractivity contribution < 1.29 is 4.79 Å². The van der Waals surface area contributed by atoms with Crippen molar-refractivity contribution in [2.75, 3.05) is 0 Å². The first-order chi connectivity index (χ1) is 6.25. The lowest BCUT2D eigenvalue weighted by atomic mass is 10.1. The summed E-state index contributed by atoms with van der Waals surface area (Å²) in [5.41, 5.74) is 2.21. The number of pyridine rings is 1. The third-order valence-electron chi connectivity index (χ3n) is 2.30. The van der Waals surface area contributed by atoms with Crippen LogP contribution in [0.3, 0.4) is 0 Å². The fourth-order valence-corrected chi connectivity index (χ4v) is 1.45. The van der Waals surface area contributed by atoms with Crippen molar-refractivity contribution in [1.82, 2.24) is 4.98 Å². The number of aromatic nitrogens is 1. The van der Waals surface area contributed by atoms with Crippen molar-refractivity contribution in [3.05, 3.63) is 29.6 Å². The summed E-state index contributed by atoms with van der Waals surface area (Å²) < 4.78 is 0. The van der Waals surface area contributed by atoms with Gasteiger partial charge in [-0.1, -0.05) is 6.07 Å². The maximum atomic E-state index is 10.8. The maximum absolute atomic E-state index is 10.8. The maximum Gasteiger partial charge on any atom is 0.134 e. The van der Waals surface area contributed by atoms with Crippen molar-refractivity contribution >= 4 is 5.78 Å². The van der Waals surface area contributed by atoms with Crippen LogP contribution in [0.25, 0.3) is 0 Å². The van der Waals surface area contributed by atoms with Crippen molar-refractivity contribution in [2.45, 2.75) is 32.1 Å². The van der Waals surface area contributed by atoms with E-state index >= 15 is 0 Å². The van der Waals surface area contributed by atoms with Crippen LogP contribution in [0.15, 0.2) is 18.3 Å². The number of hydrogen-bond donors (Lipinski definition) is 0. The van der Waals surface area contributed by atoms with Gasteiger partial charge in [0.05, 0.1) is 0 Å². The van der Waals surface area contributed by atoms with Crippen molar-refractivity contribution in [3.63, 3.8) is 0 Å². The van der Waals surface area contributed by atoms with E-state index in [1.165, 1.54) is 18.5 Å². The lowest BCUT2D eigenvalue weighted by molar-refractivity contribution is -0.116. The van der Waals surface area contributed by atoms with Gasteiger partial charge in [0.2, 0.25) is 0 Å². The molecule has 1 aliphatic rings. The number of Topliss-reactive ketones (excluding diaryl/α,β-unsaturated/α-hetero) is 1. The Morgan fingerprint density at radius 3 is 2.77 bits per heavy atom. The van der Waals surface area contributed by atoms with Crippen molar-refractivity contribution in [2.24, 2.45) is 0 Å². The summed E-state index contributed by atoms with van der Waals surface area (Å²) in [6.45, 7) is 1.61. The Balaban J connectivity index is 2.08. The van der Waals surface area contributed by atoms with Crippen LogP contribution in [-0.2, 0) is 11.2 Å². The number of rotatable bonds is 3. The van der Waals surface area contributed by atoms with E-state index in [2.05, 4.69) is 11.1 Å². The third kappa shape index (κ3) is 2.14. The van der Waals surface area contributed by atoms with E-state index in [0.29, 0.717) is 12.3 Å². The van der Waals surface area contributed by atoms with E-state index in [4.69, 9.17) is 0 Å². The highest BCUT2D eigenvalue weighted by atomic mass is 16.1. The number of hydrogen-bond acceptors (Lipinski definition) is 2. The van der Waals surface area contributed by atoms with E-state index in [9.17, 15) is 4.79 Å². The first kappa shape index (κ1) is 8.42. The highest BCUT2D eigenvalue weighted by Gasteiger charge is 2.24. The van der Waals surface area contributed by atoms with Gasteiger partial charge in [-0.3, -0.25) is 9.78 Å². The third-order valence-corrected chi connectivity index (χ3v) is 2.30. The van der Waals surface area contributed by atoms with E-state index in [1.54, 1.807) is 6.92 Å². The fourth-order valence-electron chi connectivity index (χ4n) is 1.45. The molecule has 0 bridgehead atoms. The molecule has 68 valence electrons. The van der Waals surface area contributed by atoms with Gasteiger partial charge in [0.25, 0.3) is 0 Å². The quantitative estimate of drug-likeness (QED) is 0.704. The highest BCUT2D eigenvalue weighted by molar-refractivity contribution is 5.78. The largest absolute Gasteiger partial charge is 0.300 e. The Morgan fingerprint density at radius 2 is 2.31 bits per heavy atom. The first-order valence-electron chi connectivity index (χ1n) is 4.70. The van der Waals surface area contributed by atoms with Gasteiger partial charge in [-0.15, -0.1) is 0 Å². The van der Waals surface area contributed by atoms with E-state index in [0.717, 1.165) is 5.56 Å². The molecule has 2 rings (SSSR count). The van der Waals surface area contributed by atoms with E-state index < -0.39 is 0 Å². The lowest BCUT2D eigenvalue weighted by Gasteiger charge is -1.99. The van der Waals surface area contributed by atoms with Gasteiger partial charge < -0.3 is 0 Å². The molecule has 1 aromatic heterocycles. The summed E-state index contributed by atoms with van der Waals surface area (Å²) in [6.07, 6.45) is 4.89. The van der Waals surface area contributed by atoms with Gasteiger partial charge in [-0.05, 0) is 31.4 Å². The molecule has 1 aromatic rings. The van der Waals surface area contributed by atoms with Gasteiger partial charge in [0.15, 0.2) is 0 Å². The molecule has 0 N–H and O–H groups in total. The SMILES string of the molecule is CC(=O)Cc1ccc(C2CC2)nc1. The second kappa shape index (κ2) is 3.29. The summed E-state index contributed by atoms with van der Waals surface area (Å²) in [5, 5.41) is 0. The zero-order chi connectivity index (χ0) is 9.26. The molecule has 0 radical (unpaired) electrons. The number of carbonyl (C=O) groups is 1. The molecule has 2 heteroatoms. The predicted octanol–water partition coefficient (Wildman–Crippen LogP) is 2.09. The zero-order valence-corrected chi connectivity index (χ0v) is 7.79. The molecular formula is C11H13NO. The minimum Gasteiger partial charge on any atom is -0.300 e. The molecule has 0 spiro atoms. The lowest BCUT2D eigenvalue weighted by Crippen LogP contribution is -1.97. The van der Waals surface area contributed by atoms with Gasteiger partial charge in [0.1, 0.15) is 5.78 Å². The Labute approximate surface area is 78.0 Å². The smallest absolute Gasteiger partial charge is 0.134 e. The average Bonchev–Trinajstić information content (AvgIpc) is 2.87. The summed E-state index contributed by atoms with van der Waals surface area (Å²) in [5.74, 6) is 0.896. The molecule has 13 heavy (non-hydrogen) atoms. The van der Waals surface area contributed by atoms with Crippen LogP contribution in [0.4, 0.5) is 0 Å². The second-order valence-electron chi connectivity index (χ2n) is 3.74. The van der Waals surface area contributed by atoms with Crippen molar-refractivity contribution in [1.29, 1.82) is 0 Å². The normalized spacial score (nSPS) is 15.8. The summed E-state index contributed by atoms with van der Waals surface area (Å²) >= 11 is 0. The Bertz CT molecular complexity index is 311. The van der Waals surface area contributed by atoms with E-state index in [1.807, 2.05) is 12.3 Å². The molecule has 0 saturated heterocycles. The number of nitrogens with zero attached hydrogens (tertiary/aromatic N) is 1. The molecule has 1 aliphatic carbocycles. The first-order valence-corrected chi connectivity index (χ1v) is 4.70. The van der Waals surface area contributed by atoms with E-state index in [-0.39, 0.29) is 5.78 Å². The van der Waals surface area contributed by atoms with Crippen LogP contribution >= 0.6 is 0 Å². The molecule has 0 unspecified atom stereocenters. The van der Waals surface area contributed by atoms with Gasteiger partial charge in [0, 0.05) is 24.2 Å². The summed E-state index contributed by atoms with van der Waals surface area (Å²) in [4.78, 5) is 15.2. The van der Waals surface area contributed by atoms with Gasteiger partial charge >= 0.3 is 0 Å². The molecule has 1 saturated carbocycles. The molecule has 0 amide bonds. The Kier molecular flexibility index (Phi) is 2.13. The minimum atomic E-state index is 0.195. The fraction of sp³-hybridized carbons (Fsp3) is 0.455. The molecule has 1 heterocycles. The van der Waals surface area contributed by atoms with Crippen LogP contribution in [-0.4, -0.2) is 10.8 Å². The van der Waals surface area contributed by atoms with Crippen molar-refractivity contribution in [3.8, 4) is 0 Å². The summed E-state index contributed by atoms with van der Waals surface area (Å²) in [7, 11) is 0. The standard InChI is InChI=1S/C11H13NO/c1-8(13)6-9-2-5-11(12-7-9)10-3-4-10/h2,5,7,10H,3-4,6H2,1H3. The zero-order valence-electron chi connectivity index (χ0n) is 7.79. The molecule has 0 aromatic carbocycles. The topological polar surface area (TPSA) is 30.0 Å². The Hall–Kier alpha value is -1.18. The van der Waals surface area contributed by atoms with Gasteiger partial charge in [-0.25, -0.2) is 0 Å². The predicted molar refractivity (Wildman–Crippen MR) is 50.6 cm³/mol. The average molecular weight is 175 g/mol. The number of carbonyl (C=O) groups excluding carboxylic acids is 1. The van der Waals surface area contributed by atoms with Crippen LogP contribution in [0.5, 0.6) is 0 Å². The molecule has 1 fully saturated rings. The number of ketones is 1. The highest BCUT2D eigenvalue weighted by Crippen LogP contribution is 2.38. The molecule has 2 nitrogen and oxygen atoms in total. The second-order valence-corrected chi connectivity index (χ2v) is 3.74. The molecule has 0 aliphatic heterocycles. The molecule has 0 atom stereocenters. The molecular weight excluding hydrogens is 162 g/mol. The minimum absolute atomic E-state index is 0.195. The van der Waals surface area contributed by atoms with Crippen LogP contribution in [0.1, 0.15) is 36.9 Å². The van der Waals surface area contributed by atoms with Crippen LogP contribution in [0.2, 0.25) is 0 Å². The summed E-state index contributed by atoms with van der Waals surface area (Å²) in [6, 6.07) is 4.07. The van der Waals surface area contributed by atoms with Crippen LogP contribution < -0.4 is 0 Å². The van der Waals surface area contributed by atoms with Gasteiger partial charge in [-0.2, -0.15) is 0 Å². The monoisotopic (exact) mass is 175 g/mol. The Morgan fingerprint density at radius 1 is 1.54 bits per heavy atom.